The zero-order valence-corrected chi connectivity index (χ0v) is 15.9. The van der Waals surface area contributed by atoms with Gasteiger partial charge in [0, 0.05) is 0 Å². The topological polar surface area (TPSA) is 167 Å². The van der Waals surface area contributed by atoms with Gasteiger partial charge in [-0.1, -0.05) is 18.6 Å². The quantitative estimate of drug-likeness (QED) is 0.370. The number of carbonyl (C=O) groups is 1. The lowest BCUT2D eigenvalue weighted by Gasteiger charge is -2.06. The second-order valence-electron chi connectivity index (χ2n) is 5.88. The first-order chi connectivity index (χ1) is 14.0. The van der Waals surface area contributed by atoms with Gasteiger partial charge in [0.2, 0.25) is 11.6 Å². The summed E-state index contributed by atoms with van der Waals surface area (Å²) in [5.41, 5.74) is 9.34. The summed E-state index contributed by atoms with van der Waals surface area (Å²) in [4.78, 5) is 12.5. The van der Waals surface area contributed by atoms with Crippen LogP contribution in [0.5, 0.6) is 11.5 Å². The maximum atomic E-state index is 12.5. The molecule has 0 aliphatic rings. The molecule has 4 N–H and O–H groups in total. The van der Waals surface area contributed by atoms with Crippen LogP contribution in [-0.2, 0) is 6.42 Å². The highest BCUT2D eigenvalue weighted by atomic mass is 16.6. The lowest BCUT2D eigenvalue weighted by atomic mass is 10.2. The van der Waals surface area contributed by atoms with Gasteiger partial charge in [0.05, 0.1) is 18.5 Å². The van der Waals surface area contributed by atoms with Crippen LogP contribution in [0.25, 0.3) is 5.82 Å². The van der Waals surface area contributed by atoms with Crippen molar-refractivity contribution >= 4 is 17.9 Å². The Bertz CT molecular complexity index is 1030. The Morgan fingerprint density at radius 2 is 2.24 bits per heavy atom. The molecular formula is C17H20N8O4. The van der Waals surface area contributed by atoms with Crippen LogP contribution in [-0.4, -0.2) is 49.1 Å². The Morgan fingerprint density at radius 1 is 1.41 bits per heavy atom. The van der Waals surface area contributed by atoms with Gasteiger partial charge in [-0.05, 0) is 47.4 Å². The molecule has 0 aliphatic carbocycles. The number of carbonyl (C=O) groups excluding carboxylic acids is 1. The fourth-order valence-electron chi connectivity index (χ4n) is 2.55. The highest BCUT2D eigenvalue weighted by Crippen LogP contribution is 2.26. The minimum atomic E-state index is -0.546. The highest BCUT2D eigenvalue weighted by molar-refractivity contribution is 5.94. The number of hydrogen-bond donors (Lipinski definition) is 3. The number of hydrazone groups is 1. The van der Waals surface area contributed by atoms with Crippen molar-refractivity contribution in [1.82, 2.24) is 30.7 Å². The van der Waals surface area contributed by atoms with Crippen LogP contribution in [0.3, 0.4) is 0 Å². The molecule has 0 saturated heterocycles. The number of rotatable bonds is 8. The third kappa shape index (κ3) is 4.31. The number of benzene rings is 1. The summed E-state index contributed by atoms with van der Waals surface area (Å²) >= 11 is 0. The van der Waals surface area contributed by atoms with Gasteiger partial charge in [-0.3, -0.25) is 4.79 Å². The molecule has 1 aromatic carbocycles. The number of phenolic OH excluding ortho intramolecular Hbond substituents is 1. The first-order valence-corrected chi connectivity index (χ1v) is 8.87. The van der Waals surface area contributed by atoms with Crippen LogP contribution < -0.4 is 15.9 Å². The molecule has 3 rings (SSSR count). The van der Waals surface area contributed by atoms with E-state index in [0.29, 0.717) is 30.0 Å². The largest absolute Gasteiger partial charge is 0.504 e. The van der Waals surface area contributed by atoms with Crippen molar-refractivity contribution in [3.05, 3.63) is 35.2 Å². The molecule has 1 amide bonds. The monoisotopic (exact) mass is 400 g/mol. The van der Waals surface area contributed by atoms with Crippen LogP contribution in [0, 0.1) is 0 Å². The summed E-state index contributed by atoms with van der Waals surface area (Å²) in [6.45, 7) is 4.17. The predicted molar refractivity (Wildman–Crippen MR) is 102 cm³/mol. The minimum absolute atomic E-state index is 0.0236. The van der Waals surface area contributed by atoms with Gasteiger partial charge in [0.15, 0.2) is 17.2 Å². The number of ether oxygens (including phenoxy) is 1. The van der Waals surface area contributed by atoms with E-state index in [0.717, 1.165) is 6.42 Å². The zero-order valence-electron chi connectivity index (χ0n) is 15.9. The van der Waals surface area contributed by atoms with E-state index in [4.69, 9.17) is 10.5 Å². The van der Waals surface area contributed by atoms with Crippen LogP contribution in [0.15, 0.2) is 27.9 Å². The van der Waals surface area contributed by atoms with Crippen molar-refractivity contribution in [1.29, 1.82) is 0 Å². The van der Waals surface area contributed by atoms with E-state index < -0.39 is 5.91 Å². The number of nitrogens with zero attached hydrogens (tertiary/aromatic N) is 6. The maximum Gasteiger partial charge on any atom is 0.293 e. The summed E-state index contributed by atoms with van der Waals surface area (Å²) < 4.78 is 11.2. The van der Waals surface area contributed by atoms with Crippen molar-refractivity contribution in [2.75, 3.05) is 12.3 Å². The number of hydrogen-bond acceptors (Lipinski definition) is 10. The van der Waals surface area contributed by atoms with Crippen molar-refractivity contribution in [2.24, 2.45) is 5.10 Å². The Hall–Kier alpha value is -3.96. The van der Waals surface area contributed by atoms with E-state index in [1.165, 1.54) is 17.0 Å². The van der Waals surface area contributed by atoms with Gasteiger partial charge >= 0.3 is 0 Å². The van der Waals surface area contributed by atoms with Gasteiger partial charge in [0.25, 0.3) is 5.91 Å². The van der Waals surface area contributed by atoms with Gasteiger partial charge in [0.1, 0.15) is 0 Å². The second-order valence-corrected chi connectivity index (χ2v) is 5.88. The number of anilines is 1. The molecule has 12 heteroatoms. The first kappa shape index (κ1) is 19.8. The molecule has 0 spiro atoms. The molecular weight excluding hydrogens is 380 g/mol. The molecule has 0 saturated carbocycles. The average molecular weight is 400 g/mol. The fourth-order valence-corrected chi connectivity index (χ4v) is 2.55. The van der Waals surface area contributed by atoms with E-state index in [1.54, 1.807) is 12.1 Å². The third-order valence-electron chi connectivity index (χ3n) is 3.82. The number of phenols is 1. The van der Waals surface area contributed by atoms with Crippen LogP contribution >= 0.6 is 0 Å². The highest BCUT2D eigenvalue weighted by Gasteiger charge is 2.23. The Kier molecular flexibility index (Phi) is 6.02. The summed E-state index contributed by atoms with van der Waals surface area (Å²) in [5, 5.41) is 28.7. The molecule has 2 aromatic heterocycles. The Labute approximate surface area is 165 Å². The van der Waals surface area contributed by atoms with E-state index in [9.17, 15) is 9.90 Å². The zero-order chi connectivity index (χ0) is 20.8. The van der Waals surface area contributed by atoms with Gasteiger partial charge < -0.3 is 15.6 Å². The molecule has 3 aromatic rings. The molecule has 2 heterocycles. The molecule has 0 bridgehead atoms. The van der Waals surface area contributed by atoms with Crippen molar-refractivity contribution in [3.63, 3.8) is 0 Å². The van der Waals surface area contributed by atoms with Crippen LogP contribution in [0.2, 0.25) is 0 Å². The lowest BCUT2D eigenvalue weighted by Crippen LogP contribution is -2.20. The average Bonchev–Trinajstić information content (AvgIpc) is 3.30. The Balaban J connectivity index is 1.77. The number of nitrogens with one attached hydrogen (secondary N) is 1. The molecule has 0 aliphatic heterocycles. The van der Waals surface area contributed by atoms with Crippen molar-refractivity contribution < 1.29 is 19.3 Å². The number of aromatic hydroxyl groups is 1. The number of nitrogen functional groups attached to an aromatic ring is 1. The van der Waals surface area contributed by atoms with Gasteiger partial charge in [-0.25, -0.2) is 10.1 Å². The van der Waals surface area contributed by atoms with Crippen LogP contribution in [0.4, 0.5) is 5.82 Å². The van der Waals surface area contributed by atoms with Crippen molar-refractivity contribution in [3.8, 4) is 17.3 Å². The van der Waals surface area contributed by atoms with Crippen molar-refractivity contribution in [2.45, 2.75) is 26.7 Å². The second kappa shape index (κ2) is 8.82. The fraction of sp³-hybridized carbons (Fsp3) is 0.294. The lowest BCUT2D eigenvalue weighted by molar-refractivity contribution is 0.0949. The van der Waals surface area contributed by atoms with Gasteiger partial charge in [-0.15, -0.1) is 5.10 Å². The third-order valence-corrected chi connectivity index (χ3v) is 3.82. The predicted octanol–water partition coefficient (Wildman–Crippen LogP) is 1.05. The van der Waals surface area contributed by atoms with Crippen LogP contribution in [0.1, 0.15) is 42.0 Å². The first-order valence-electron chi connectivity index (χ1n) is 8.87. The summed E-state index contributed by atoms with van der Waals surface area (Å²) in [6, 6.07) is 4.72. The van der Waals surface area contributed by atoms with E-state index >= 15 is 0 Å². The molecule has 0 radical (unpaired) electrons. The number of nitrogens with two attached hydrogens (primary N) is 1. The smallest absolute Gasteiger partial charge is 0.293 e. The number of amides is 1. The van der Waals surface area contributed by atoms with E-state index in [2.05, 4.69) is 35.8 Å². The van der Waals surface area contributed by atoms with E-state index in [-0.39, 0.29) is 23.1 Å². The van der Waals surface area contributed by atoms with E-state index in [1.807, 2.05) is 13.8 Å². The maximum absolute atomic E-state index is 12.5. The molecule has 12 nitrogen and oxygen atoms in total. The molecule has 0 atom stereocenters. The summed E-state index contributed by atoms with van der Waals surface area (Å²) in [5.74, 6) is 0.00531. The molecule has 0 unspecified atom stereocenters. The molecule has 152 valence electrons. The normalized spacial score (nSPS) is 11.1. The van der Waals surface area contributed by atoms with Gasteiger partial charge in [-0.2, -0.15) is 9.78 Å². The molecule has 0 fully saturated rings. The standard InChI is InChI=1S/C17H20N8O4/c1-3-5-11-14(20-24-25(11)16-15(18)22-29-23-16)17(27)21-19-9-10-6-7-12(26)13(8-10)28-4-2/h6-9,26H,3-5H2,1-2H3,(H2,18,22)(H,21,27). The number of aromatic nitrogens is 5. The summed E-state index contributed by atoms with van der Waals surface area (Å²) in [6.07, 6.45) is 2.65. The SMILES string of the molecule is CCCc1c(C(=O)NN=Cc2ccc(O)c(OCC)c2)nnn1-c1nonc1N. The Morgan fingerprint density at radius 3 is 2.93 bits per heavy atom. The molecule has 29 heavy (non-hydrogen) atoms. The minimum Gasteiger partial charge on any atom is -0.504 e. The summed E-state index contributed by atoms with van der Waals surface area (Å²) in [7, 11) is 0.